The molecule has 1 aromatic rings. The number of nitrogens with zero attached hydrogens (tertiary/aromatic N) is 1. The van der Waals surface area contributed by atoms with Crippen molar-refractivity contribution < 1.29 is 8.42 Å². The number of nitrogens with two attached hydrogens (primary N) is 1. The Kier molecular flexibility index (Phi) is 4.27. The molecule has 1 fully saturated rings. The Hall–Kier alpha value is -0.920. The van der Waals surface area contributed by atoms with E-state index in [2.05, 4.69) is 16.5 Å². The third kappa shape index (κ3) is 3.16. The second kappa shape index (κ2) is 5.60. The van der Waals surface area contributed by atoms with Crippen LogP contribution in [-0.4, -0.2) is 39.6 Å². The average Bonchev–Trinajstić information content (AvgIpc) is 2.38. The fourth-order valence-electron chi connectivity index (χ4n) is 2.15. The van der Waals surface area contributed by atoms with Gasteiger partial charge in [0.05, 0.1) is 5.69 Å². The van der Waals surface area contributed by atoms with Crippen LogP contribution in [0.5, 0.6) is 0 Å². The molecule has 1 saturated heterocycles. The van der Waals surface area contributed by atoms with E-state index in [9.17, 15) is 8.42 Å². The molecule has 0 saturated carbocycles. The van der Waals surface area contributed by atoms with E-state index in [-0.39, 0.29) is 4.90 Å². The molecule has 106 valence electrons. The summed E-state index contributed by atoms with van der Waals surface area (Å²) in [5, 5.41) is 0.497. The summed E-state index contributed by atoms with van der Waals surface area (Å²) in [5.41, 5.74) is 6.91. The molecule has 0 aliphatic carbocycles. The van der Waals surface area contributed by atoms with Crippen LogP contribution >= 0.6 is 11.8 Å². The number of benzene rings is 1. The lowest BCUT2D eigenvalue weighted by molar-refractivity contribution is 0.587. The van der Waals surface area contributed by atoms with Crippen LogP contribution in [-0.2, 0) is 10.0 Å². The van der Waals surface area contributed by atoms with Gasteiger partial charge < -0.3 is 10.6 Å². The van der Waals surface area contributed by atoms with Crippen LogP contribution in [0.3, 0.4) is 0 Å². The van der Waals surface area contributed by atoms with Gasteiger partial charge in [-0.2, -0.15) is 11.8 Å². The van der Waals surface area contributed by atoms with E-state index in [0.29, 0.717) is 10.9 Å². The molecule has 2 rings (SSSR count). The molecule has 7 heteroatoms. The Labute approximate surface area is 118 Å². The van der Waals surface area contributed by atoms with Crippen LogP contribution in [0.15, 0.2) is 23.1 Å². The normalized spacial score (nSPS) is 20.5. The summed E-state index contributed by atoms with van der Waals surface area (Å²) in [7, 11) is -2.08. The van der Waals surface area contributed by atoms with Gasteiger partial charge in [0.1, 0.15) is 4.90 Å². The van der Waals surface area contributed by atoms with Crippen molar-refractivity contribution >= 4 is 33.2 Å². The van der Waals surface area contributed by atoms with Crippen molar-refractivity contribution in [3.8, 4) is 0 Å². The quantitative estimate of drug-likeness (QED) is 0.818. The van der Waals surface area contributed by atoms with E-state index in [1.54, 1.807) is 12.1 Å². The fourth-order valence-corrected chi connectivity index (χ4v) is 4.15. The molecule has 1 aliphatic rings. The summed E-state index contributed by atoms with van der Waals surface area (Å²) in [6.45, 7) is 3.85. The molecule has 5 nitrogen and oxygen atoms in total. The third-order valence-electron chi connectivity index (χ3n) is 3.12. The first-order valence-electron chi connectivity index (χ1n) is 6.13. The number of hydrogen-bond acceptors (Lipinski definition) is 5. The average molecular weight is 301 g/mol. The number of rotatable bonds is 3. The highest BCUT2D eigenvalue weighted by atomic mass is 32.2. The molecule has 1 aromatic carbocycles. The molecule has 3 N–H and O–H groups in total. The highest BCUT2D eigenvalue weighted by Crippen LogP contribution is 2.30. The first-order valence-corrected chi connectivity index (χ1v) is 8.67. The van der Waals surface area contributed by atoms with Crippen molar-refractivity contribution in [2.75, 3.05) is 36.5 Å². The molecule has 1 unspecified atom stereocenters. The molecule has 0 radical (unpaired) electrons. The highest BCUT2D eigenvalue weighted by molar-refractivity contribution is 8.00. The van der Waals surface area contributed by atoms with Crippen molar-refractivity contribution in [1.82, 2.24) is 4.72 Å². The Morgan fingerprint density at radius 2 is 2.21 bits per heavy atom. The first-order chi connectivity index (χ1) is 8.94. The van der Waals surface area contributed by atoms with E-state index < -0.39 is 10.0 Å². The van der Waals surface area contributed by atoms with Gasteiger partial charge in [0, 0.05) is 29.8 Å². The first kappa shape index (κ1) is 14.5. The Morgan fingerprint density at radius 1 is 1.47 bits per heavy atom. The maximum absolute atomic E-state index is 12.1. The number of anilines is 2. The topological polar surface area (TPSA) is 75.4 Å². The van der Waals surface area contributed by atoms with Crippen molar-refractivity contribution in [2.45, 2.75) is 17.1 Å². The van der Waals surface area contributed by atoms with Gasteiger partial charge in [-0.15, -0.1) is 0 Å². The van der Waals surface area contributed by atoms with Gasteiger partial charge in [-0.3, -0.25) is 0 Å². The fraction of sp³-hybridized carbons (Fsp3) is 0.500. The van der Waals surface area contributed by atoms with E-state index >= 15 is 0 Å². The molecule has 1 aliphatic heterocycles. The number of nitrogens with one attached hydrogen (secondary N) is 1. The van der Waals surface area contributed by atoms with Gasteiger partial charge in [0.15, 0.2) is 0 Å². The van der Waals surface area contributed by atoms with Crippen LogP contribution in [0.1, 0.15) is 6.92 Å². The molecule has 19 heavy (non-hydrogen) atoms. The molecule has 1 atom stereocenters. The molecular weight excluding hydrogens is 282 g/mol. The van der Waals surface area contributed by atoms with Gasteiger partial charge in [0.25, 0.3) is 0 Å². The molecule has 1 heterocycles. The Balaban J connectivity index is 2.45. The SMILES string of the molecule is CNS(=O)(=O)c1cc(N)ccc1N1CCSC(C)C1. The summed E-state index contributed by atoms with van der Waals surface area (Å²) in [5.74, 6) is 1.00. The lowest BCUT2D eigenvalue weighted by atomic mass is 10.2. The third-order valence-corrected chi connectivity index (χ3v) is 5.70. The highest BCUT2D eigenvalue weighted by Gasteiger charge is 2.24. The minimum absolute atomic E-state index is 0.258. The molecule has 0 aromatic heterocycles. The standard InChI is InChI=1S/C12H19N3O2S2/c1-9-8-15(5-6-18-9)11-4-3-10(13)7-12(11)19(16,17)14-2/h3-4,7,9,14H,5-6,8,13H2,1-2H3. The van der Waals surface area contributed by atoms with Crippen LogP contribution in [0.2, 0.25) is 0 Å². The van der Waals surface area contributed by atoms with Gasteiger partial charge >= 0.3 is 0 Å². The number of nitrogen functional groups attached to an aromatic ring is 1. The van der Waals surface area contributed by atoms with Crippen LogP contribution < -0.4 is 15.4 Å². The predicted molar refractivity (Wildman–Crippen MR) is 81.2 cm³/mol. The second-order valence-corrected chi connectivity index (χ2v) is 7.96. The zero-order chi connectivity index (χ0) is 14.0. The van der Waals surface area contributed by atoms with Gasteiger partial charge in [-0.1, -0.05) is 6.92 Å². The monoisotopic (exact) mass is 301 g/mol. The van der Waals surface area contributed by atoms with Gasteiger partial charge in [-0.25, -0.2) is 13.1 Å². The number of sulfonamides is 1. The zero-order valence-corrected chi connectivity index (χ0v) is 12.7. The molecule has 0 spiro atoms. The predicted octanol–water partition coefficient (Wildman–Crippen LogP) is 1.12. The van der Waals surface area contributed by atoms with Crippen molar-refractivity contribution in [2.24, 2.45) is 0 Å². The van der Waals surface area contributed by atoms with E-state index in [1.165, 1.54) is 13.1 Å². The second-order valence-electron chi connectivity index (χ2n) is 4.56. The maximum Gasteiger partial charge on any atom is 0.242 e. The van der Waals surface area contributed by atoms with Crippen LogP contribution in [0.25, 0.3) is 0 Å². The number of thioether (sulfide) groups is 1. The van der Waals surface area contributed by atoms with E-state index in [1.807, 2.05) is 11.8 Å². The smallest absolute Gasteiger partial charge is 0.242 e. The van der Waals surface area contributed by atoms with Gasteiger partial charge in [-0.05, 0) is 25.2 Å². The number of hydrogen-bond donors (Lipinski definition) is 2. The molecule has 0 bridgehead atoms. The summed E-state index contributed by atoms with van der Waals surface area (Å²) in [6, 6.07) is 5.06. The van der Waals surface area contributed by atoms with Crippen molar-refractivity contribution in [3.05, 3.63) is 18.2 Å². The van der Waals surface area contributed by atoms with E-state index in [4.69, 9.17) is 5.73 Å². The van der Waals surface area contributed by atoms with Crippen molar-refractivity contribution in [1.29, 1.82) is 0 Å². The van der Waals surface area contributed by atoms with Crippen molar-refractivity contribution in [3.63, 3.8) is 0 Å². The van der Waals surface area contributed by atoms with E-state index in [0.717, 1.165) is 24.5 Å². The molecular formula is C12H19N3O2S2. The summed E-state index contributed by atoms with van der Waals surface area (Å²) in [4.78, 5) is 2.37. The Morgan fingerprint density at radius 3 is 2.84 bits per heavy atom. The minimum atomic E-state index is -3.50. The Bertz CT molecular complexity index is 560. The summed E-state index contributed by atoms with van der Waals surface area (Å²) >= 11 is 1.91. The minimum Gasteiger partial charge on any atom is -0.399 e. The largest absolute Gasteiger partial charge is 0.399 e. The summed E-state index contributed by atoms with van der Waals surface area (Å²) < 4.78 is 26.6. The van der Waals surface area contributed by atoms with Crippen LogP contribution in [0, 0.1) is 0 Å². The summed E-state index contributed by atoms with van der Waals surface area (Å²) in [6.07, 6.45) is 0. The zero-order valence-electron chi connectivity index (χ0n) is 11.1. The lowest BCUT2D eigenvalue weighted by Crippen LogP contribution is -2.38. The molecule has 0 amide bonds. The van der Waals surface area contributed by atoms with Crippen LogP contribution in [0.4, 0.5) is 11.4 Å². The lowest BCUT2D eigenvalue weighted by Gasteiger charge is -2.33. The maximum atomic E-state index is 12.1. The van der Waals surface area contributed by atoms with Gasteiger partial charge in [0.2, 0.25) is 10.0 Å².